The molecule has 0 saturated carbocycles. The molecule has 0 spiro atoms. The normalized spacial score (nSPS) is 11.7. The van der Waals surface area contributed by atoms with Crippen LogP contribution >= 0.6 is 23.2 Å². The second kappa shape index (κ2) is 7.44. The molecule has 0 heterocycles. The number of nitrogens with one attached hydrogen (secondary N) is 1. The van der Waals surface area contributed by atoms with Crippen molar-refractivity contribution in [2.24, 2.45) is 0 Å². The van der Waals surface area contributed by atoms with E-state index in [2.05, 4.69) is 5.32 Å². The number of amides is 1. The summed E-state index contributed by atoms with van der Waals surface area (Å²) in [5.41, 5.74) is 0.382. The first-order valence-corrected chi connectivity index (χ1v) is 7.35. The number of esters is 1. The molecule has 2 aromatic rings. The largest absolute Gasteiger partial charge is 0.449 e. The molecule has 4 nitrogen and oxygen atoms in total. The van der Waals surface area contributed by atoms with Crippen molar-refractivity contribution < 1.29 is 18.7 Å². The van der Waals surface area contributed by atoms with Gasteiger partial charge in [-0.25, -0.2) is 9.18 Å². The molecule has 120 valence electrons. The van der Waals surface area contributed by atoms with Gasteiger partial charge in [0.1, 0.15) is 5.82 Å². The average molecular weight is 356 g/mol. The van der Waals surface area contributed by atoms with Crippen molar-refractivity contribution in [1.82, 2.24) is 0 Å². The highest BCUT2D eigenvalue weighted by atomic mass is 35.5. The third kappa shape index (κ3) is 4.43. The summed E-state index contributed by atoms with van der Waals surface area (Å²) >= 11 is 11.8. The van der Waals surface area contributed by atoms with Gasteiger partial charge in [0.15, 0.2) is 6.10 Å². The van der Waals surface area contributed by atoms with E-state index in [1.165, 1.54) is 43.3 Å². The van der Waals surface area contributed by atoms with Crippen LogP contribution in [0.15, 0.2) is 42.5 Å². The van der Waals surface area contributed by atoms with Crippen molar-refractivity contribution in [3.8, 4) is 0 Å². The number of benzene rings is 2. The van der Waals surface area contributed by atoms with E-state index in [-0.39, 0.29) is 15.6 Å². The minimum Gasteiger partial charge on any atom is -0.449 e. The maximum atomic E-state index is 12.8. The Morgan fingerprint density at radius 1 is 1.09 bits per heavy atom. The zero-order chi connectivity index (χ0) is 17.0. The van der Waals surface area contributed by atoms with Gasteiger partial charge in [0.25, 0.3) is 5.91 Å². The second-order valence-electron chi connectivity index (χ2n) is 4.64. The molecule has 2 rings (SSSR count). The second-order valence-corrected chi connectivity index (χ2v) is 5.45. The van der Waals surface area contributed by atoms with Gasteiger partial charge in [-0.05, 0) is 43.3 Å². The van der Waals surface area contributed by atoms with Crippen molar-refractivity contribution in [1.29, 1.82) is 0 Å². The van der Waals surface area contributed by atoms with Crippen molar-refractivity contribution in [2.75, 3.05) is 5.32 Å². The van der Waals surface area contributed by atoms with Crippen LogP contribution in [0.3, 0.4) is 0 Å². The van der Waals surface area contributed by atoms with Gasteiger partial charge in [0.05, 0.1) is 15.6 Å². The fourth-order valence-corrected chi connectivity index (χ4v) is 2.29. The van der Waals surface area contributed by atoms with Crippen LogP contribution in [-0.2, 0) is 9.53 Å². The minimum absolute atomic E-state index is 0.00253. The predicted molar refractivity (Wildman–Crippen MR) is 86.4 cm³/mol. The predicted octanol–water partition coefficient (Wildman–Crippen LogP) is 4.32. The van der Waals surface area contributed by atoms with Crippen molar-refractivity contribution in [2.45, 2.75) is 13.0 Å². The zero-order valence-corrected chi connectivity index (χ0v) is 13.5. The highest BCUT2D eigenvalue weighted by Gasteiger charge is 2.22. The van der Waals surface area contributed by atoms with E-state index in [0.717, 1.165) is 0 Å². The van der Waals surface area contributed by atoms with Crippen molar-refractivity contribution >= 4 is 40.8 Å². The molecule has 1 N–H and O–H groups in total. The standard InChI is InChI=1S/C16H12Cl2FNO3/c1-9(15(21)20-11-7-5-10(19)6-8-11)23-16(22)14-12(17)3-2-4-13(14)18/h2-9H,1H3,(H,20,21)/t9-/m0/s1. The summed E-state index contributed by atoms with van der Waals surface area (Å²) in [7, 11) is 0. The van der Waals surface area contributed by atoms with Crippen LogP contribution in [0.4, 0.5) is 10.1 Å². The smallest absolute Gasteiger partial charge is 0.341 e. The van der Waals surface area contributed by atoms with Crippen LogP contribution in [0.5, 0.6) is 0 Å². The Morgan fingerprint density at radius 3 is 2.22 bits per heavy atom. The van der Waals surface area contributed by atoms with Crippen molar-refractivity contribution in [3.63, 3.8) is 0 Å². The van der Waals surface area contributed by atoms with E-state index in [0.29, 0.717) is 5.69 Å². The number of rotatable bonds is 4. The molecule has 1 atom stereocenters. The minimum atomic E-state index is -1.08. The van der Waals surface area contributed by atoms with Gasteiger partial charge in [-0.1, -0.05) is 29.3 Å². The number of hydrogen-bond donors (Lipinski definition) is 1. The van der Waals surface area contributed by atoms with Crippen LogP contribution < -0.4 is 5.32 Å². The average Bonchev–Trinajstić information content (AvgIpc) is 2.49. The quantitative estimate of drug-likeness (QED) is 0.831. The number of hydrogen-bond acceptors (Lipinski definition) is 3. The van der Waals surface area contributed by atoms with Gasteiger partial charge in [-0.3, -0.25) is 4.79 Å². The molecule has 7 heteroatoms. The summed E-state index contributed by atoms with van der Waals surface area (Å²) in [5, 5.41) is 2.77. The summed E-state index contributed by atoms with van der Waals surface area (Å²) in [6.45, 7) is 1.40. The lowest BCUT2D eigenvalue weighted by Gasteiger charge is -2.14. The molecule has 0 aromatic heterocycles. The lowest BCUT2D eigenvalue weighted by atomic mass is 10.2. The highest BCUT2D eigenvalue weighted by Crippen LogP contribution is 2.25. The van der Waals surface area contributed by atoms with Crippen molar-refractivity contribution in [3.05, 3.63) is 63.9 Å². The molecule has 0 aliphatic carbocycles. The molecule has 0 saturated heterocycles. The molecular formula is C16H12Cl2FNO3. The van der Waals surface area contributed by atoms with E-state index in [9.17, 15) is 14.0 Å². The van der Waals surface area contributed by atoms with Crippen LogP contribution in [0.25, 0.3) is 0 Å². The number of anilines is 1. The first-order valence-electron chi connectivity index (χ1n) is 6.60. The third-order valence-corrected chi connectivity index (χ3v) is 3.56. The molecule has 1 amide bonds. The maximum Gasteiger partial charge on any atom is 0.341 e. The van der Waals surface area contributed by atoms with Crippen LogP contribution in [0.2, 0.25) is 10.0 Å². The molecule has 0 unspecified atom stereocenters. The lowest BCUT2D eigenvalue weighted by molar-refractivity contribution is -0.123. The summed E-state index contributed by atoms with van der Waals surface area (Å²) < 4.78 is 17.9. The first-order chi connectivity index (χ1) is 10.9. The van der Waals surface area contributed by atoms with E-state index in [4.69, 9.17) is 27.9 Å². The molecule has 2 aromatic carbocycles. The van der Waals surface area contributed by atoms with Crippen LogP contribution in [-0.4, -0.2) is 18.0 Å². The summed E-state index contributed by atoms with van der Waals surface area (Å²) in [5.74, 6) is -1.79. The van der Waals surface area contributed by atoms with Gasteiger partial charge in [0.2, 0.25) is 0 Å². The maximum absolute atomic E-state index is 12.8. The van der Waals surface area contributed by atoms with Crippen LogP contribution in [0, 0.1) is 5.82 Å². The summed E-state index contributed by atoms with van der Waals surface area (Å²) in [6, 6.07) is 9.78. The van der Waals surface area contributed by atoms with E-state index < -0.39 is 23.8 Å². The Hall–Kier alpha value is -2.11. The highest BCUT2D eigenvalue weighted by molar-refractivity contribution is 6.39. The number of carbonyl (C=O) groups excluding carboxylic acids is 2. The van der Waals surface area contributed by atoms with Gasteiger partial charge in [-0.15, -0.1) is 0 Å². The number of ether oxygens (including phenoxy) is 1. The third-order valence-electron chi connectivity index (χ3n) is 2.93. The molecule has 23 heavy (non-hydrogen) atoms. The molecule has 0 bridgehead atoms. The molecule has 0 aliphatic heterocycles. The molecule has 0 radical (unpaired) electrons. The SMILES string of the molecule is C[C@H](OC(=O)c1c(Cl)cccc1Cl)C(=O)Nc1ccc(F)cc1. The van der Waals surface area contributed by atoms with E-state index in [1.54, 1.807) is 6.07 Å². The monoisotopic (exact) mass is 355 g/mol. The Morgan fingerprint density at radius 2 is 1.65 bits per heavy atom. The Labute approximate surface area is 142 Å². The summed E-state index contributed by atoms with van der Waals surface area (Å²) in [6.07, 6.45) is -1.08. The first kappa shape index (κ1) is 17.2. The number of halogens is 3. The zero-order valence-electron chi connectivity index (χ0n) is 12.0. The topological polar surface area (TPSA) is 55.4 Å². The van der Waals surface area contributed by atoms with E-state index >= 15 is 0 Å². The fourth-order valence-electron chi connectivity index (χ4n) is 1.74. The Balaban J connectivity index is 2.03. The van der Waals surface area contributed by atoms with Gasteiger partial charge in [0, 0.05) is 5.69 Å². The Bertz CT molecular complexity index is 714. The van der Waals surface area contributed by atoms with Crippen LogP contribution in [0.1, 0.15) is 17.3 Å². The molecule has 0 aliphatic rings. The number of carbonyl (C=O) groups is 2. The van der Waals surface area contributed by atoms with Gasteiger partial charge < -0.3 is 10.1 Å². The van der Waals surface area contributed by atoms with Gasteiger partial charge in [-0.2, -0.15) is 0 Å². The molecular weight excluding hydrogens is 344 g/mol. The Kier molecular flexibility index (Phi) is 5.58. The fraction of sp³-hybridized carbons (Fsp3) is 0.125. The molecule has 0 fully saturated rings. The van der Waals surface area contributed by atoms with E-state index in [1.807, 2.05) is 0 Å². The van der Waals surface area contributed by atoms with Gasteiger partial charge >= 0.3 is 5.97 Å². The lowest BCUT2D eigenvalue weighted by Crippen LogP contribution is -2.30. The summed E-state index contributed by atoms with van der Waals surface area (Å²) in [4.78, 5) is 24.1.